The van der Waals surface area contributed by atoms with E-state index in [1.54, 1.807) is 0 Å². The molecule has 2 heteroatoms. The van der Waals surface area contributed by atoms with Gasteiger partial charge >= 0.3 is 0 Å². The Morgan fingerprint density at radius 3 is 2.43 bits per heavy atom. The summed E-state index contributed by atoms with van der Waals surface area (Å²) in [6, 6.07) is 0.367. The number of rotatable bonds is 1. The van der Waals surface area contributed by atoms with E-state index in [9.17, 15) is 4.79 Å². The molecule has 0 bridgehead atoms. The molecule has 1 rings (SSSR count). The molecule has 14 heavy (non-hydrogen) atoms. The molecule has 0 radical (unpaired) electrons. The fraction of sp³-hybridized carbons (Fsp3) is 0.917. The average molecular weight is 197 g/mol. The second-order valence-electron chi connectivity index (χ2n) is 6.57. The lowest BCUT2D eigenvalue weighted by atomic mass is 9.75. The van der Waals surface area contributed by atoms with Crippen LogP contribution < -0.4 is 5.32 Å². The number of hydrogen-bond donors (Lipinski definition) is 1. The van der Waals surface area contributed by atoms with E-state index in [4.69, 9.17) is 0 Å². The standard InChI is InChI=1S/C12H23NO/c1-11(2,3)6-9-7-12(4,5)8-10(14)13-9/h9H,6-8H2,1-5H3,(H,13,14)/t9-/m1/s1. The monoisotopic (exact) mass is 197 g/mol. The predicted octanol–water partition coefficient (Wildman–Crippen LogP) is 2.73. The molecule has 1 aliphatic heterocycles. The second-order valence-corrected chi connectivity index (χ2v) is 6.57. The summed E-state index contributed by atoms with van der Waals surface area (Å²) in [4.78, 5) is 11.5. The van der Waals surface area contributed by atoms with Crippen molar-refractivity contribution in [2.45, 2.75) is 59.9 Å². The minimum absolute atomic E-state index is 0.179. The minimum atomic E-state index is 0.179. The van der Waals surface area contributed by atoms with Crippen LogP contribution in [0.2, 0.25) is 0 Å². The summed E-state index contributed by atoms with van der Waals surface area (Å²) in [6.07, 6.45) is 2.85. The van der Waals surface area contributed by atoms with Crippen molar-refractivity contribution in [2.24, 2.45) is 10.8 Å². The Kier molecular flexibility index (Phi) is 2.93. The zero-order chi connectivity index (χ0) is 11.0. The predicted molar refractivity (Wildman–Crippen MR) is 59.0 cm³/mol. The van der Waals surface area contributed by atoms with Gasteiger partial charge < -0.3 is 5.32 Å². The van der Waals surface area contributed by atoms with Crippen LogP contribution in [0.4, 0.5) is 0 Å². The van der Waals surface area contributed by atoms with Crippen molar-refractivity contribution in [2.75, 3.05) is 0 Å². The average Bonchev–Trinajstić information content (AvgIpc) is 1.74. The van der Waals surface area contributed by atoms with Gasteiger partial charge in [0.05, 0.1) is 0 Å². The maximum Gasteiger partial charge on any atom is 0.220 e. The molecule has 1 heterocycles. The lowest BCUT2D eigenvalue weighted by Gasteiger charge is -2.38. The third-order valence-corrected chi connectivity index (χ3v) is 2.66. The molecule has 1 amide bonds. The smallest absolute Gasteiger partial charge is 0.220 e. The highest BCUT2D eigenvalue weighted by atomic mass is 16.1. The molecule has 0 spiro atoms. The first kappa shape index (κ1) is 11.5. The van der Waals surface area contributed by atoms with Gasteiger partial charge in [-0.3, -0.25) is 4.79 Å². The van der Waals surface area contributed by atoms with E-state index in [1.165, 1.54) is 0 Å². The van der Waals surface area contributed by atoms with Gasteiger partial charge in [0.15, 0.2) is 0 Å². The first-order valence-electron chi connectivity index (χ1n) is 5.47. The molecule has 1 aliphatic rings. The van der Waals surface area contributed by atoms with Gasteiger partial charge in [0.25, 0.3) is 0 Å². The van der Waals surface area contributed by atoms with Crippen molar-refractivity contribution in [3.63, 3.8) is 0 Å². The molecule has 0 aromatic rings. The molecule has 0 aromatic carbocycles. The van der Waals surface area contributed by atoms with E-state index >= 15 is 0 Å². The van der Waals surface area contributed by atoms with E-state index in [0.29, 0.717) is 17.9 Å². The van der Waals surface area contributed by atoms with Gasteiger partial charge in [-0.2, -0.15) is 0 Å². The molecule has 1 fully saturated rings. The highest BCUT2D eigenvalue weighted by Crippen LogP contribution is 2.34. The Morgan fingerprint density at radius 2 is 2.00 bits per heavy atom. The molecular formula is C12H23NO. The van der Waals surface area contributed by atoms with E-state index in [1.807, 2.05) is 0 Å². The second kappa shape index (κ2) is 3.56. The lowest BCUT2D eigenvalue weighted by molar-refractivity contribution is -0.126. The van der Waals surface area contributed by atoms with E-state index in [0.717, 1.165) is 12.8 Å². The van der Waals surface area contributed by atoms with Crippen molar-refractivity contribution in [1.82, 2.24) is 5.32 Å². The zero-order valence-electron chi connectivity index (χ0n) is 10.1. The number of piperidine rings is 1. The Hall–Kier alpha value is -0.530. The molecule has 0 unspecified atom stereocenters. The van der Waals surface area contributed by atoms with Crippen LogP contribution in [0, 0.1) is 10.8 Å². The number of carbonyl (C=O) groups is 1. The van der Waals surface area contributed by atoms with Gasteiger partial charge in [-0.1, -0.05) is 34.6 Å². The first-order chi connectivity index (χ1) is 6.18. The van der Waals surface area contributed by atoms with Crippen LogP contribution in [0.15, 0.2) is 0 Å². The number of hydrogen-bond acceptors (Lipinski definition) is 1. The maximum atomic E-state index is 11.5. The third-order valence-electron chi connectivity index (χ3n) is 2.66. The highest BCUT2D eigenvalue weighted by molar-refractivity contribution is 5.77. The van der Waals surface area contributed by atoms with Crippen LogP contribution in [-0.4, -0.2) is 11.9 Å². The number of carbonyl (C=O) groups excluding carboxylic acids is 1. The Bertz CT molecular complexity index is 223. The highest BCUT2D eigenvalue weighted by Gasteiger charge is 2.33. The normalized spacial score (nSPS) is 27.2. The number of amides is 1. The number of nitrogens with one attached hydrogen (secondary N) is 1. The minimum Gasteiger partial charge on any atom is -0.353 e. The summed E-state index contributed by atoms with van der Waals surface area (Å²) in [7, 11) is 0. The van der Waals surface area contributed by atoms with E-state index in [-0.39, 0.29) is 11.3 Å². The Morgan fingerprint density at radius 1 is 1.43 bits per heavy atom. The van der Waals surface area contributed by atoms with Crippen molar-refractivity contribution in [3.8, 4) is 0 Å². The molecule has 1 atom stereocenters. The van der Waals surface area contributed by atoms with Gasteiger partial charge in [-0.15, -0.1) is 0 Å². The zero-order valence-corrected chi connectivity index (χ0v) is 10.1. The van der Waals surface area contributed by atoms with Gasteiger partial charge in [0.1, 0.15) is 0 Å². The van der Waals surface area contributed by atoms with Crippen LogP contribution >= 0.6 is 0 Å². The van der Waals surface area contributed by atoms with E-state index in [2.05, 4.69) is 39.9 Å². The van der Waals surface area contributed by atoms with Crippen molar-refractivity contribution < 1.29 is 4.79 Å². The molecule has 0 aromatic heterocycles. The molecule has 1 saturated heterocycles. The quantitative estimate of drug-likeness (QED) is 0.688. The Labute approximate surface area is 87.5 Å². The fourth-order valence-corrected chi connectivity index (χ4v) is 2.37. The summed E-state index contributed by atoms with van der Waals surface area (Å²) >= 11 is 0. The van der Waals surface area contributed by atoms with Gasteiger partial charge in [0.2, 0.25) is 5.91 Å². The summed E-state index contributed by atoms with van der Waals surface area (Å²) in [5.41, 5.74) is 0.476. The van der Waals surface area contributed by atoms with Crippen LogP contribution in [0.1, 0.15) is 53.9 Å². The van der Waals surface area contributed by atoms with Crippen LogP contribution in [0.5, 0.6) is 0 Å². The fourth-order valence-electron chi connectivity index (χ4n) is 2.37. The van der Waals surface area contributed by atoms with E-state index < -0.39 is 0 Å². The molecule has 2 nitrogen and oxygen atoms in total. The van der Waals surface area contributed by atoms with Crippen LogP contribution in [0.3, 0.4) is 0 Å². The lowest BCUT2D eigenvalue weighted by Crippen LogP contribution is -2.46. The molecule has 1 N–H and O–H groups in total. The summed E-state index contributed by atoms with van der Waals surface area (Å²) in [5, 5.41) is 3.09. The van der Waals surface area contributed by atoms with Crippen LogP contribution in [0.25, 0.3) is 0 Å². The van der Waals surface area contributed by atoms with Crippen molar-refractivity contribution in [3.05, 3.63) is 0 Å². The summed E-state index contributed by atoms with van der Waals surface area (Å²) < 4.78 is 0. The largest absolute Gasteiger partial charge is 0.353 e. The Balaban J connectivity index is 2.59. The SMILES string of the molecule is CC(C)(C)C[C@@H]1CC(C)(C)CC(=O)N1. The van der Waals surface area contributed by atoms with Crippen molar-refractivity contribution in [1.29, 1.82) is 0 Å². The molecular weight excluding hydrogens is 174 g/mol. The van der Waals surface area contributed by atoms with Crippen molar-refractivity contribution >= 4 is 5.91 Å². The maximum absolute atomic E-state index is 11.5. The van der Waals surface area contributed by atoms with Gasteiger partial charge in [-0.05, 0) is 23.7 Å². The third kappa shape index (κ3) is 3.69. The first-order valence-corrected chi connectivity index (χ1v) is 5.47. The van der Waals surface area contributed by atoms with Crippen LogP contribution in [-0.2, 0) is 4.79 Å². The van der Waals surface area contributed by atoms with Gasteiger partial charge in [-0.25, -0.2) is 0 Å². The topological polar surface area (TPSA) is 29.1 Å². The summed E-state index contributed by atoms with van der Waals surface area (Å²) in [6.45, 7) is 11.0. The summed E-state index contributed by atoms with van der Waals surface area (Å²) in [5.74, 6) is 0.218. The molecule has 82 valence electrons. The molecule has 0 saturated carbocycles. The van der Waals surface area contributed by atoms with Gasteiger partial charge in [0, 0.05) is 12.5 Å². The molecule has 0 aliphatic carbocycles.